The largest absolute Gasteiger partial charge is 0.497 e. The molecule has 0 saturated carbocycles. The van der Waals surface area contributed by atoms with Gasteiger partial charge < -0.3 is 10.1 Å². The molecule has 5 rings (SSSR count). The number of aromatic nitrogens is 3. The fourth-order valence-corrected chi connectivity index (χ4v) is 4.90. The van der Waals surface area contributed by atoms with Gasteiger partial charge in [-0.25, -0.2) is 4.98 Å². The summed E-state index contributed by atoms with van der Waals surface area (Å²) in [5, 5.41) is 8.92. The van der Waals surface area contributed by atoms with E-state index in [4.69, 9.17) is 21.3 Å². The first-order valence-corrected chi connectivity index (χ1v) is 12.2. The number of nitrogens with zero attached hydrogens (tertiary/aromatic N) is 4. The molecule has 1 fully saturated rings. The van der Waals surface area contributed by atoms with Crippen molar-refractivity contribution in [2.24, 2.45) is 0 Å². The Bertz CT molecular complexity index is 1270. The van der Waals surface area contributed by atoms with Crippen molar-refractivity contribution >= 4 is 39.0 Å². The van der Waals surface area contributed by atoms with E-state index in [2.05, 4.69) is 49.4 Å². The number of likely N-dealkylation sites (tertiary alicyclic amines) is 1. The average molecular weight is 527 g/mol. The molecule has 3 heterocycles. The van der Waals surface area contributed by atoms with Crippen molar-refractivity contribution in [3.63, 3.8) is 0 Å². The first kappa shape index (κ1) is 22.2. The van der Waals surface area contributed by atoms with Gasteiger partial charge in [-0.1, -0.05) is 41.9 Å². The van der Waals surface area contributed by atoms with Gasteiger partial charge in [0.15, 0.2) is 5.65 Å². The van der Waals surface area contributed by atoms with Gasteiger partial charge in [-0.05, 0) is 52.5 Å². The van der Waals surface area contributed by atoms with Crippen molar-refractivity contribution in [1.29, 1.82) is 0 Å². The Kier molecular flexibility index (Phi) is 6.53. The molecule has 6 nitrogen and oxygen atoms in total. The topological polar surface area (TPSA) is 54.7 Å². The lowest BCUT2D eigenvalue weighted by molar-refractivity contribution is 0.211. The van der Waals surface area contributed by atoms with Gasteiger partial charge in [0.05, 0.1) is 23.5 Å². The molecular formula is C25H25BrClN5O. The molecule has 0 bridgehead atoms. The SMILES string of the molecule is COc1cccc(CN2CCC(Nc3cc(-c4ccccc4Cl)nc4c(Br)cnn34)CC2)c1. The fourth-order valence-electron chi connectivity index (χ4n) is 4.32. The molecule has 8 heteroatoms. The second-order valence-electron chi connectivity index (χ2n) is 8.28. The van der Waals surface area contributed by atoms with Crippen molar-refractivity contribution in [1.82, 2.24) is 19.5 Å². The molecule has 0 aliphatic carbocycles. The zero-order valence-corrected chi connectivity index (χ0v) is 20.7. The van der Waals surface area contributed by atoms with Crippen molar-refractivity contribution in [3.05, 3.63) is 75.9 Å². The molecule has 0 amide bonds. The van der Waals surface area contributed by atoms with Crippen molar-refractivity contribution in [3.8, 4) is 17.0 Å². The van der Waals surface area contributed by atoms with Crippen LogP contribution in [0.4, 0.5) is 5.82 Å². The van der Waals surface area contributed by atoms with Gasteiger partial charge in [-0.15, -0.1) is 0 Å². The summed E-state index contributed by atoms with van der Waals surface area (Å²) in [4.78, 5) is 7.30. The van der Waals surface area contributed by atoms with Crippen LogP contribution < -0.4 is 10.1 Å². The Balaban J connectivity index is 1.32. The number of rotatable bonds is 6. The number of methoxy groups -OCH3 is 1. The van der Waals surface area contributed by atoms with Crippen LogP contribution in [0.2, 0.25) is 5.02 Å². The van der Waals surface area contributed by atoms with E-state index < -0.39 is 0 Å². The molecule has 2 aromatic heterocycles. The van der Waals surface area contributed by atoms with E-state index in [1.54, 1.807) is 13.3 Å². The van der Waals surface area contributed by atoms with E-state index >= 15 is 0 Å². The first-order valence-electron chi connectivity index (χ1n) is 11.0. The van der Waals surface area contributed by atoms with Gasteiger partial charge in [0.1, 0.15) is 11.6 Å². The summed E-state index contributed by atoms with van der Waals surface area (Å²) >= 11 is 10.0. The van der Waals surface area contributed by atoms with E-state index in [-0.39, 0.29) is 0 Å². The monoisotopic (exact) mass is 525 g/mol. The molecule has 170 valence electrons. The van der Waals surface area contributed by atoms with Crippen molar-refractivity contribution < 1.29 is 4.74 Å². The molecule has 1 N–H and O–H groups in total. The number of piperidine rings is 1. The second kappa shape index (κ2) is 9.71. The maximum atomic E-state index is 6.46. The minimum absolute atomic E-state index is 0.360. The Hall–Kier alpha value is -2.61. The number of nitrogens with one attached hydrogen (secondary N) is 1. The quantitative estimate of drug-likeness (QED) is 0.339. The Morgan fingerprint density at radius 3 is 2.73 bits per heavy atom. The molecule has 0 atom stereocenters. The summed E-state index contributed by atoms with van der Waals surface area (Å²) < 4.78 is 8.07. The third-order valence-electron chi connectivity index (χ3n) is 6.06. The van der Waals surface area contributed by atoms with Gasteiger partial charge >= 0.3 is 0 Å². The van der Waals surface area contributed by atoms with Gasteiger partial charge in [-0.3, -0.25) is 4.90 Å². The van der Waals surface area contributed by atoms with Crippen LogP contribution >= 0.6 is 27.5 Å². The number of fused-ring (bicyclic) bond motifs is 1. The van der Waals surface area contributed by atoms with Gasteiger partial charge in [0, 0.05) is 42.3 Å². The summed E-state index contributed by atoms with van der Waals surface area (Å²) in [7, 11) is 1.71. The Morgan fingerprint density at radius 1 is 1.12 bits per heavy atom. The number of hydrogen-bond donors (Lipinski definition) is 1. The van der Waals surface area contributed by atoms with Crippen LogP contribution in [0.15, 0.2) is 65.3 Å². The minimum Gasteiger partial charge on any atom is -0.497 e. The lowest BCUT2D eigenvalue weighted by atomic mass is 10.0. The maximum absolute atomic E-state index is 6.46. The van der Waals surface area contributed by atoms with Crippen LogP contribution in [-0.2, 0) is 6.54 Å². The lowest BCUT2D eigenvalue weighted by Gasteiger charge is -2.33. The third kappa shape index (κ3) is 4.86. The molecule has 0 radical (unpaired) electrons. The van der Waals surface area contributed by atoms with Crippen LogP contribution in [-0.4, -0.2) is 45.7 Å². The van der Waals surface area contributed by atoms with Crippen LogP contribution in [0.3, 0.4) is 0 Å². The highest BCUT2D eigenvalue weighted by molar-refractivity contribution is 9.10. The highest BCUT2D eigenvalue weighted by atomic mass is 79.9. The number of anilines is 1. The van der Waals surface area contributed by atoms with Gasteiger partial charge in [0.2, 0.25) is 0 Å². The van der Waals surface area contributed by atoms with Crippen LogP contribution in [0.25, 0.3) is 16.9 Å². The van der Waals surface area contributed by atoms with Crippen LogP contribution in [0.5, 0.6) is 5.75 Å². The fraction of sp³-hybridized carbons (Fsp3) is 0.280. The molecule has 1 saturated heterocycles. The van der Waals surface area contributed by atoms with Crippen LogP contribution in [0, 0.1) is 0 Å². The summed E-state index contributed by atoms with van der Waals surface area (Å²) in [6, 6.07) is 18.5. The van der Waals surface area contributed by atoms with Gasteiger partial charge in [-0.2, -0.15) is 9.61 Å². The smallest absolute Gasteiger partial charge is 0.172 e. The van der Waals surface area contributed by atoms with E-state index in [1.165, 1.54) is 5.56 Å². The average Bonchev–Trinajstić information content (AvgIpc) is 3.22. The molecule has 2 aromatic carbocycles. The van der Waals surface area contributed by atoms with Crippen molar-refractivity contribution in [2.75, 3.05) is 25.5 Å². The van der Waals surface area contributed by atoms with E-state index in [0.29, 0.717) is 11.1 Å². The standard InChI is InChI=1S/C25H25BrClN5O/c1-33-19-6-4-5-17(13-19)16-31-11-9-18(10-12-31)29-24-14-23(20-7-2-3-8-22(20)27)30-25-21(26)15-28-32(24)25/h2-8,13-15,18,29H,9-12,16H2,1H3. The maximum Gasteiger partial charge on any atom is 0.172 e. The third-order valence-corrected chi connectivity index (χ3v) is 6.95. The Morgan fingerprint density at radius 2 is 1.94 bits per heavy atom. The zero-order chi connectivity index (χ0) is 22.8. The zero-order valence-electron chi connectivity index (χ0n) is 18.3. The molecule has 4 aromatic rings. The van der Waals surface area contributed by atoms with E-state index in [1.807, 2.05) is 40.9 Å². The van der Waals surface area contributed by atoms with Gasteiger partial charge in [0.25, 0.3) is 0 Å². The summed E-state index contributed by atoms with van der Waals surface area (Å²) in [6.07, 6.45) is 3.88. The predicted molar refractivity (Wildman–Crippen MR) is 136 cm³/mol. The highest BCUT2D eigenvalue weighted by Gasteiger charge is 2.21. The second-order valence-corrected chi connectivity index (χ2v) is 9.54. The summed E-state index contributed by atoms with van der Waals surface area (Å²) in [6.45, 7) is 3.00. The van der Waals surface area contributed by atoms with E-state index in [9.17, 15) is 0 Å². The summed E-state index contributed by atoms with van der Waals surface area (Å²) in [5.41, 5.74) is 3.78. The number of benzene rings is 2. The molecule has 1 aliphatic rings. The minimum atomic E-state index is 0.360. The Labute approximate surface area is 206 Å². The first-order chi connectivity index (χ1) is 16.1. The molecule has 33 heavy (non-hydrogen) atoms. The predicted octanol–water partition coefficient (Wildman–Crippen LogP) is 5.90. The lowest BCUT2D eigenvalue weighted by Crippen LogP contribution is -2.39. The number of ether oxygens (including phenoxy) is 1. The molecule has 1 aliphatic heterocycles. The van der Waals surface area contributed by atoms with E-state index in [0.717, 1.165) is 65.4 Å². The normalized spacial score (nSPS) is 15.1. The summed E-state index contributed by atoms with van der Waals surface area (Å²) in [5.74, 6) is 1.83. The number of hydrogen-bond acceptors (Lipinski definition) is 5. The molecular weight excluding hydrogens is 502 g/mol. The number of halogens is 2. The highest BCUT2D eigenvalue weighted by Crippen LogP contribution is 2.31. The van der Waals surface area contributed by atoms with Crippen LogP contribution in [0.1, 0.15) is 18.4 Å². The van der Waals surface area contributed by atoms with Crippen molar-refractivity contribution in [2.45, 2.75) is 25.4 Å². The molecule has 0 spiro atoms. The molecule has 0 unspecified atom stereocenters.